The van der Waals surface area contributed by atoms with Crippen LogP contribution in [0.1, 0.15) is 19.3 Å². The van der Waals surface area contributed by atoms with Gasteiger partial charge >= 0.3 is 5.97 Å². The Bertz CT molecular complexity index is 460. The molecule has 1 aliphatic heterocycles. The van der Waals surface area contributed by atoms with Crippen molar-refractivity contribution in [2.45, 2.75) is 25.4 Å². The molecule has 5 nitrogen and oxygen atoms in total. The summed E-state index contributed by atoms with van der Waals surface area (Å²) in [7, 11) is 0. The lowest BCUT2D eigenvalue weighted by atomic mass is 9.92. The zero-order chi connectivity index (χ0) is 12.5. The van der Waals surface area contributed by atoms with Crippen molar-refractivity contribution in [3.63, 3.8) is 0 Å². The standard InChI is InChI=1S/C12H14N2O3S/c15-11-5-8-3-10(4-9(8)6-16-11)17-12(18)14-2-1-13-7-14/h1-2,7-10H,3-6H2/t8-,9+,10-/m1/s1. The molecule has 2 heterocycles. The van der Waals surface area contributed by atoms with Gasteiger partial charge in [-0.15, -0.1) is 0 Å². The molecule has 0 bridgehead atoms. The summed E-state index contributed by atoms with van der Waals surface area (Å²) in [5, 5.41) is 0.420. The predicted molar refractivity (Wildman–Crippen MR) is 66.9 cm³/mol. The number of ether oxygens (including phenoxy) is 2. The Morgan fingerprint density at radius 1 is 1.50 bits per heavy atom. The molecule has 6 heteroatoms. The molecule has 1 saturated carbocycles. The number of fused-ring (bicyclic) bond motifs is 1. The van der Waals surface area contributed by atoms with Gasteiger partial charge in [0.2, 0.25) is 0 Å². The van der Waals surface area contributed by atoms with E-state index in [0.29, 0.717) is 30.0 Å². The van der Waals surface area contributed by atoms with E-state index in [-0.39, 0.29) is 12.1 Å². The number of nitrogens with zero attached hydrogens (tertiary/aromatic N) is 2. The summed E-state index contributed by atoms with van der Waals surface area (Å²) in [4.78, 5) is 15.2. The van der Waals surface area contributed by atoms with E-state index in [1.54, 1.807) is 23.3 Å². The fourth-order valence-corrected chi connectivity index (χ4v) is 2.99. The van der Waals surface area contributed by atoms with Gasteiger partial charge in [0.25, 0.3) is 5.17 Å². The Hall–Kier alpha value is -1.43. The summed E-state index contributed by atoms with van der Waals surface area (Å²) >= 11 is 5.20. The number of carbonyl (C=O) groups excluding carboxylic acids is 1. The number of imidazole rings is 1. The highest BCUT2D eigenvalue weighted by Gasteiger charge is 2.40. The van der Waals surface area contributed by atoms with Crippen LogP contribution in [0.15, 0.2) is 18.7 Å². The Morgan fingerprint density at radius 2 is 2.33 bits per heavy atom. The van der Waals surface area contributed by atoms with E-state index in [1.807, 2.05) is 0 Å². The number of carbonyl (C=O) groups is 1. The van der Waals surface area contributed by atoms with Crippen LogP contribution in [0.3, 0.4) is 0 Å². The lowest BCUT2D eigenvalue weighted by Gasteiger charge is -2.23. The first-order chi connectivity index (χ1) is 8.72. The lowest BCUT2D eigenvalue weighted by molar-refractivity contribution is -0.151. The van der Waals surface area contributed by atoms with Crippen LogP contribution in [0.2, 0.25) is 0 Å². The molecule has 18 heavy (non-hydrogen) atoms. The molecule has 1 saturated heterocycles. The molecule has 0 unspecified atom stereocenters. The first-order valence-corrected chi connectivity index (χ1v) is 6.48. The molecule has 3 atom stereocenters. The summed E-state index contributed by atoms with van der Waals surface area (Å²) in [6.07, 6.45) is 7.44. The van der Waals surface area contributed by atoms with E-state index < -0.39 is 0 Å². The minimum atomic E-state index is -0.0888. The largest absolute Gasteiger partial charge is 0.467 e. The van der Waals surface area contributed by atoms with E-state index in [2.05, 4.69) is 4.98 Å². The predicted octanol–water partition coefficient (Wildman–Crippen LogP) is 1.37. The third kappa shape index (κ3) is 2.25. The molecule has 1 aliphatic carbocycles. The number of cyclic esters (lactones) is 1. The Balaban J connectivity index is 1.59. The van der Waals surface area contributed by atoms with Crippen LogP contribution in [-0.4, -0.2) is 33.4 Å². The van der Waals surface area contributed by atoms with Crippen molar-refractivity contribution >= 4 is 23.4 Å². The smallest absolute Gasteiger partial charge is 0.306 e. The van der Waals surface area contributed by atoms with Gasteiger partial charge in [-0.3, -0.25) is 9.36 Å². The highest BCUT2D eigenvalue weighted by Crippen LogP contribution is 2.39. The van der Waals surface area contributed by atoms with Gasteiger partial charge in [0, 0.05) is 24.7 Å². The molecule has 0 spiro atoms. The summed E-state index contributed by atoms with van der Waals surface area (Å²) in [5.74, 6) is 0.731. The van der Waals surface area contributed by atoms with Gasteiger partial charge < -0.3 is 9.47 Å². The summed E-state index contributed by atoms with van der Waals surface area (Å²) < 4.78 is 12.5. The van der Waals surface area contributed by atoms with Crippen molar-refractivity contribution in [3.8, 4) is 0 Å². The van der Waals surface area contributed by atoms with Gasteiger partial charge in [0.05, 0.1) is 6.61 Å². The van der Waals surface area contributed by atoms with E-state index in [4.69, 9.17) is 21.7 Å². The van der Waals surface area contributed by atoms with E-state index in [0.717, 1.165) is 12.8 Å². The number of esters is 1. The molecule has 0 aromatic carbocycles. The molecule has 2 aliphatic rings. The number of rotatable bonds is 1. The minimum absolute atomic E-state index is 0.0874. The molecule has 0 radical (unpaired) electrons. The number of aromatic nitrogens is 2. The van der Waals surface area contributed by atoms with Crippen molar-refractivity contribution in [1.29, 1.82) is 0 Å². The number of hydrogen-bond acceptors (Lipinski definition) is 5. The van der Waals surface area contributed by atoms with E-state index in [1.165, 1.54) is 0 Å². The molecule has 1 aromatic rings. The number of hydrogen-bond donors (Lipinski definition) is 0. The van der Waals surface area contributed by atoms with E-state index >= 15 is 0 Å². The van der Waals surface area contributed by atoms with Gasteiger partial charge in [-0.05, 0) is 31.0 Å². The Morgan fingerprint density at radius 3 is 3.11 bits per heavy atom. The first kappa shape index (κ1) is 11.6. The third-order valence-corrected chi connectivity index (χ3v) is 3.97. The lowest BCUT2D eigenvalue weighted by Crippen LogP contribution is -2.26. The summed E-state index contributed by atoms with van der Waals surface area (Å²) in [6, 6.07) is 0. The van der Waals surface area contributed by atoms with Crippen molar-refractivity contribution in [2.24, 2.45) is 11.8 Å². The van der Waals surface area contributed by atoms with Gasteiger partial charge in [-0.1, -0.05) is 0 Å². The van der Waals surface area contributed by atoms with Crippen LogP contribution in [0.5, 0.6) is 0 Å². The zero-order valence-corrected chi connectivity index (χ0v) is 10.6. The topological polar surface area (TPSA) is 53.4 Å². The zero-order valence-electron chi connectivity index (χ0n) is 9.82. The maximum atomic E-state index is 11.2. The first-order valence-electron chi connectivity index (χ1n) is 6.07. The highest BCUT2D eigenvalue weighted by atomic mass is 32.1. The SMILES string of the molecule is O=C1C[C@H]2C[C@@H](OC(=S)n3ccnc3)C[C@H]2CO1. The fraction of sp³-hybridized carbons (Fsp3) is 0.583. The van der Waals surface area contributed by atoms with Gasteiger partial charge in [-0.2, -0.15) is 0 Å². The molecule has 2 fully saturated rings. The van der Waals surface area contributed by atoms with Crippen LogP contribution >= 0.6 is 12.2 Å². The van der Waals surface area contributed by atoms with Crippen molar-refractivity contribution < 1.29 is 14.3 Å². The maximum Gasteiger partial charge on any atom is 0.306 e. The number of thiocarbonyl (C=S) groups is 1. The molecule has 0 amide bonds. The summed E-state index contributed by atoms with van der Waals surface area (Å²) in [6.45, 7) is 0.529. The average molecular weight is 266 g/mol. The van der Waals surface area contributed by atoms with Gasteiger partial charge in [0.15, 0.2) is 0 Å². The minimum Gasteiger partial charge on any atom is -0.467 e. The normalized spacial score (nSPS) is 30.7. The van der Waals surface area contributed by atoms with Crippen molar-refractivity contribution in [1.82, 2.24) is 9.55 Å². The van der Waals surface area contributed by atoms with Crippen molar-refractivity contribution in [3.05, 3.63) is 18.7 Å². The quantitative estimate of drug-likeness (QED) is 0.567. The highest BCUT2D eigenvalue weighted by molar-refractivity contribution is 7.80. The molecular formula is C12H14N2O3S. The Kier molecular flexibility index (Phi) is 3.03. The second-order valence-corrected chi connectivity index (χ2v) is 5.20. The fourth-order valence-electron chi connectivity index (χ4n) is 2.75. The Labute approximate surface area is 110 Å². The van der Waals surface area contributed by atoms with Gasteiger partial charge in [-0.25, -0.2) is 4.98 Å². The second-order valence-electron chi connectivity index (χ2n) is 4.85. The summed E-state index contributed by atoms with van der Waals surface area (Å²) in [5.41, 5.74) is 0. The van der Waals surface area contributed by atoms with Crippen LogP contribution in [0.25, 0.3) is 0 Å². The molecule has 0 N–H and O–H groups in total. The van der Waals surface area contributed by atoms with Crippen molar-refractivity contribution in [2.75, 3.05) is 6.61 Å². The monoisotopic (exact) mass is 266 g/mol. The average Bonchev–Trinajstić information content (AvgIpc) is 2.95. The maximum absolute atomic E-state index is 11.2. The molecule has 96 valence electrons. The second kappa shape index (κ2) is 4.68. The van der Waals surface area contributed by atoms with Gasteiger partial charge in [0.1, 0.15) is 12.4 Å². The van der Waals surface area contributed by atoms with Crippen LogP contribution in [0, 0.1) is 11.8 Å². The van der Waals surface area contributed by atoms with Crippen LogP contribution in [0.4, 0.5) is 0 Å². The van der Waals surface area contributed by atoms with Crippen LogP contribution in [-0.2, 0) is 14.3 Å². The molecule has 1 aromatic heterocycles. The van der Waals surface area contributed by atoms with Crippen LogP contribution < -0.4 is 0 Å². The van der Waals surface area contributed by atoms with E-state index in [9.17, 15) is 4.79 Å². The third-order valence-electron chi connectivity index (χ3n) is 3.67. The molecule has 3 rings (SSSR count). The molecular weight excluding hydrogens is 252 g/mol.